The summed E-state index contributed by atoms with van der Waals surface area (Å²) in [7, 11) is 0. The molecule has 2 aromatic rings. The predicted octanol–water partition coefficient (Wildman–Crippen LogP) is 2.74. The van der Waals surface area contributed by atoms with Crippen molar-refractivity contribution in [3.8, 4) is 0 Å². The number of benzene rings is 2. The maximum absolute atomic E-state index is 12.6. The minimum Gasteiger partial charge on any atom is -0.378 e. The van der Waals surface area contributed by atoms with Crippen molar-refractivity contribution in [2.24, 2.45) is 11.8 Å². The first-order valence-electron chi connectivity index (χ1n) is 9.31. The lowest BCUT2D eigenvalue weighted by atomic mass is 10.2. The zero-order chi connectivity index (χ0) is 18.6. The first-order valence-corrected chi connectivity index (χ1v) is 9.31. The van der Waals surface area contributed by atoms with Crippen molar-refractivity contribution < 1.29 is 14.3 Å². The third kappa shape index (κ3) is 4.11. The van der Waals surface area contributed by atoms with Crippen LogP contribution >= 0.6 is 0 Å². The molecule has 6 heteroatoms. The fourth-order valence-electron chi connectivity index (χ4n) is 3.42. The van der Waals surface area contributed by atoms with Gasteiger partial charge in [-0.2, -0.15) is 0 Å². The molecule has 2 N–H and O–H groups in total. The fraction of sp³-hybridized carbons (Fsp3) is 0.333. The first kappa shape index (κ1) is 17.5. The number of amides is 2. The number of morpholine rings is 1. The van der Waals surface area contributed by atoms with E-state index in [1.54, 1.807) is 0 Å². The van der Waals surface area contributed by atoms with Gasteiger partial charge >= 0.3 is 0 Å². The van der Waals surface area contributed by atoms with Crippen LogP contribution in [0.2, 0.25) is 0 Å². The average Bonchev–Trinajstić information content (AvgIpc) is 3.51. The van der Waals surface area contributed by atoms with Crippen LogP contribution in [0.25, 0.3) is 0 Å². The van der Waals surface area contributed by atoms with Crippen LogP contribution in [-0.4, -0.2) is 38.1 Å². The maximum atomic E-state index is 12.6. The molecule has 4 rings (SSSR count). The van der Waals surface area contributed by atoms with E-state index in [0.717, 1.165) is 30.2 Å². The molecule has 2 unspecified atom stereocenters. The molecule has 0 spiro atoms. The van der Waals surface area contributed by atoms with Gasteiger partial charge in [0.05, 0.1) is 36.4 Å². The standard InChI is InChI=1S/C21H23N3O3/c25-20(22-15-6-2-1-3-7-15)16-14-17(16)21(26)23-18-8-4-5-9-19(18)24-10-12-27-13-11-24/h1-9,16-17H,10-14H2,(H,22,25)(H,23,26). The lowest BCUT2D eigenvalue weighted by Gasteiger charge is -2.30. The smallest absolute Gasteiger partial charge is 0.228 e. The second-order valence-corrected chi connectivity index (χ2v) is 6.91. The van der Waals surface area contributed by atoms with E-state index in [4.69, 9.17) is 4.74 Å². The quantitative estimate of drug-likeness (QED) is 0.855. The highest BCUT2D eigenvalue weighted by Crippen LogP contribution is 2.41. The number of para-hydroxylation sites is 3. The summed E-state index contributed by atoms with van der Waals surface area (Å²) >= 11 is 0. The molecule has 140 valence electrons. The Kier molecular flexibility index (Phi) is 5.07. The second kappa shape index (κ2) is 7.80. The number of hydrogen-bond donors (Lipinski definition) is 2. The minimum absolute atomic E-state index is 0.0936. The molecular weight excluding hydrogens is 342 g/mol. The van der Waals surface area contributed by atoms with Gasteiger partial charge in [0.2, 0.25) is 11.8 Å². The van der Waals surface area contributed by atoms with Gasteiger partial charge in [0, 0.05) is 18.8 Å². The van der Waals surface area contributed by atoms with Crippen LogP contribution in [0.1, 0.15) is 6.42 Å². The van der Waals surface area contributed by atoms with Gasteiger partial charge in [0.1, 0.15) is 0 Å². The first-order chi connectivity index (χ1) is 13.2. The van der Waals surface area contributed by atoms with Crippen LogP contribution < -0.4 is 15.5 Å². The summed E-state index contributed by atoms with van der Waals surface area (Å²) in [5, 5.41) is 5.89. The van der Waals surface area contributed by atoms with Crippen molar-refractivity contribution in [1.29, 1.82) is 0 Å². The van der Waals surface area contributed by atoms with Crippen LogP contribution in [0, 0.1) is 11.8 Å². The Morgan fingerprint density at radius 3 is 2.22 bits per heavy atom. The highest BCUT2D eigenvalue weighted by Gasteiger charge is 2.48. The highest BCUT2D eigenvalue weighted by molar-refractivity contribution is 6.04. The van der Waals surface area contributed by atoms with Gasteiger partial charge in [-0.15, -0.1) is 0 Å². The maximum Gasteiger partial charge on any atom is 0.228 e. The van der Waals surface area contributed by atoms with Crippen molar-refractivity contribution in [3.05, 3.63) is 54.6 Å². The fourth-order valence-corrected chi connectivity index (χ4v) is 3.42. The topological polar surface area (TPSA) is 70.7 Å². The van der Waals surface area contributed by atoms with Crippen molar-refractivity contribution in [2.75, 3.05) is 41.8 Å². The van der Waals surface area contributed by atoms with E-state index in [0.29, 0.717) is 19.6 Å². The van der Waals surface area contributed by atoms with Crippen molar-refractivity contribution in [2.45, 2.75) is 6.42 Å². The molecule has 0 aromatic heterocycles. The van der Waals surface area contributed by atoms with E-state index in [1.165, 1.54) is 0 Å². The van der Waals surface area contributed by atoms with Gasteiger partial charge in [-0.25, -0.2) is 0 Å². The summed E-state index contributed by atoms with van der Waals surface area (Å²) in [5.74, 6) is -0.723. The van der Waals surface area contributed by atoms with E-state index in [9.17, 15) is 9.59 Å². The lowest BCUT2D eigenvalue weighted by molar-refractivity contribution is -0.122. The molecule has 6 nitrogen and oxygen atoms in total. The summed E-state index contributed by atoms with van der Waals surface area (Å²) < 4.78 is 5.41. The largest absolute Gasteiger partial charge is 0.378 e. The third-order valence-corrected chi connectivity index (χ3v) is 5.02. The van der Waals surface area contributed by atoms with Crippen LogP contribution in [0.15, 0.2) is 54.6 Å². The summed E-state index contributed by atoms with van der Waals surface area (Å²) in [6.45, 7) is 2.98. The number of ether oxygens (including phenoxy) is 1. The molecule has 0 radical (unpaired) electrons. The zero-order valence-corrected chi connectivity index (χ0v) is 15.1. The Hall–Kier alpha value is -2.86. The molecule has 1 saturated carbocycles. The minimum atomic E-state index is -0.272. The molecule has 1 aliphatic carbocycles. The normalized spacial score (nSPS) is 21.4. The Morgan fingerprint density at radius 1 is 0.852 bits per heavy atom. The Balaban J connectivity index is 1.37. The SMILES string of the molecule is O=C(Nc1ccccc1)C1CC1C(=O)Nc1ccccc1N1CCOCC1. The van der Waals surface area contributed by atoms with E-state index in [1.807, 2.05) is 54.6 Å². The predicted molar refractivity (Wildman–Crippen MR) is 105 cm³/mol. The summed E-state index contributed by atoms with van der Waals surface area (Å²) in [6, 6.07) is 17.1. The number of nitrogens with one attached hydrogen (secondary N) is 2. The average molecular weight is 365 g/mol. The monoisotopic (exact) mass is 365 g/mol. The second-order valence-electron chi connectivity index (χ2n) is 6.91. The van der Waals surface area contributed by atoms with E-state index in [2.05, 4.69) is 15.5 Å². The van der Waals surface area contributed by atoms with Gasteiger partial charge in [-0.05, 0) is 30.7 Å². The van der Waals surface area contributed by atoms with Crippen LogP contribution in [0.4, 0.5) is 17.1 Å². The van der Waals surface area contributed by atoms with Gasteiger partial charge in [-0.1, -0.05) is 30.3 Å². The molecule has 1 saturated heterocycles. The van der Waals surface area contributed by atoms with Crippen molar-refractivity contribution >= 4 is 28.9 Å². The Morgan fingerprint density at radius 2 is 1.48 bits per heavy atom. The Labute approximate surface area is 158 Å². The third-order valence-electron chi connectivity index (χ3n) is 5.02. The Bertz CT molecular complexity index is 818. The zero-order valence-electron chi connectivity index (χ0n) is 15.1. The molecule has 1 aliphatic heterocycles. The summed E-state index contributed by atoms with van der Waals surface area (Å²) in [5.41, 5.74) is 2.55. The summed E-state index contributed by atoms with van der Waals surface area (Å²) in [4.78, 5) is 27.2. The van der Waals surface area contributed by atoms with Crippen molar-refractivity contribution in [1.82, 2.24) is 0 Å². The van der Waals surface area contributed by atoms with Crippen LogP contribution in [0.3, 0.4) is 0 Å². The van der Waals surface area contributed by atoms with Crippen molar-refractivity contribution in [3.63, 3.8) is 0 Å². The lowest BCUT2D eigenvalue weighted by Crippen LogP contribution is -2.36. The van der Waals surface area contributed by atoms with Crippen LogP contribution in [0.5, 0.6) is 0 Å². The van der Waals surface area contributed by atoms with Gasteiger partial charge in [-0.3, -0.25) is 9.59 Å². The number of rotatable bonds is 5. The van der Waals surface area contributed by atoms with Gasteiger partial charge < -0.3 is 20.3 Å². The number of hydrogen-bond acceptors (Lipinski definition) is 4. The number of carbonyl (C=O) groups is 2. The number of carbonyl (C=O) groups excluding carboxylic acids is 2. The molecule has 2 aliphatic rings. The molecule has 2 aromatic carbocycles. The molecule has 0 bridgehead atoms. The van der Waals surface area contributed by atoms with Gasteiger partial charge in [0.15, 0.2) is 0 Å². The van der Waals surface area contributed by atoms with Crippen LogP contribution in [-0.2, 0) is 14.3 Å². The summed E-state index contributed by atoms with van der Waals surface area (Å²) in [6.07, 6.45) is 0.588. The van der Waals surface area contributed by atoms with E-state index >= 15 is 0 Å². The molecule has 27 heavy (non-hydrogen) atoms. The number of nitrogens with zero attached hydrogens (tertiary/aromatic N) is 1. The van der Waals surface area contributed by atoms with Gasteiger partial charge in [0.25, 0.3) is 0 Å². The molecule has 2 fully saturated rings. The molecule has 2 amide bonds. The number of anilines is 3. The molecule has 1 heterocycles. The highest BCUT2D eigenvalue weighted by atomic mass is 16.5. The molecular formula is C21H23N3O3. The van der Waals surface area contributed by atoms with E-state index in [-0.39, 0.29) is 23.7 Å². The van der Waals surface area contributed by atoms with E-state index < -0.39 is 0 Å². The molecule has 2 atom stereocenters.